The lowest BCUT2D eigenvalue weighted by atomic mass is 10.1. The van der Waals surface area contributed by atoms with Crippen LogP contribution < -0.4 is 5.32 Å². The van der Waals surface area contributed by atoms with Gasteiger partial charge < -0.3 is 9.88 Å². The Morgan fingerprint density at radius 2 is 2.23 bits per heavy atom. The van der Waals surface area contributed by atoms with Crippen molar-refractivity contribution in [3.05, 3.63) is 58.5 Å². The van der Waals surface area contributed by atoms with Crippen LogP contribution in [0.1, 0.15) is 47.6 Å². The fourth-order valence-corrected chi connectivity index (χ4v) is 3.63. The summed E-state index contributed by atoms with van der Waals surface area (Å²) in [4.78, 5) is 17.0. The Kier molecular flexibility index (Phi) is 5.31. The van der Waals surface area contributed by atoms with E-state index in [1.165, 1.54) is 12.1 Å². The van der Waals surface area contributed by atoms with E-state index in [0.717, 1.165) is 18.7 Å². The molecule has 0 bridgehead atoms. The van der Waals surface area contributed by atoms with Crippen LogP contribution >= 0.6 is 11.6 Å². The Balaban J connectivity index is 1.42. The minimum atomic E-state index is -0.684. The summed E-state index contributed by atoms with van der Waals surface area (Å²) >= 11 is 5.98. The summed E-state index contributed by atoms with van der Waals surface area (Å²) in [5, 5.41) is 16.3. The Hall–Kier alpha value is -3.18. The van der Waals surface area contributed by atoms with Crippen molar-refractivity contribution >= 4 is 17.5 Å². The van der Waals surface area contributed by atoms with Gasteiger partial charge >= 0.3 is 0 Å². The second-order valence-electron chi connectivity index (χ2n) is 7.59. The van der Waals surface area contributed by atoms with Crippen molar-refractivity contribution in [1.82, 2.24) is 24.6 Å². The van der Waals surface area contributed by atoms with Crippen LogP contribution in [0.2, 0.25) is 5.02 Å². The summed E-state index contributed by atoms with van der Waals surface area (Å²) in [7, 11) is 1.91. The third-order valence-electron chi connectivity index (χ3n) is 5.02. The minimum Gasteiger partial charge on any atom is -0.346 e. The van der Waals surface area contributed by atoms with Crippen LogP contribution in [-0.2, 0) is 13.6 Å². The second kappa shape index (κ2) is 7.92. The topological polar surface area (TPSA) is 88.5 Å². The summed E-state index contributed by atoms with van der Waals surface area (Å²) < 4.78 is 17.6. The lowest BCUT2D eigenvalue weighted by Gasteiger charge is -2.13. The standard InChI is InChI=1S/C21H20ClFN6O/c1-12(25-21(30)19-11-28(2)20(26-19)13-3-4-13)10-29-6-5-18(27-29)14-7-16(22)15(9-24)17(23)8-14/h5-8,11-13H,3-4,10H2,1-2H3,(H,25,30)/t12-/m0/s1. The van der Waals surface area contributed by atoms with Crippen molar-refractivity contribution in [2.24, 2.45) is 7.05 Å². The van der Waals surface area contributed by atoms with Crippen molar-refractivity contribution in [3.63, 3.8) is 0 Å². The molecule has 1 aliphatic rings. The number of benzene rings is 1. The van der Waals surface area contributed by atoms with Gasteiger partial charge in [-0.1, -0.05) is 11.6 Å². The monoisotopic (exact) mass is 426 g/mol. The van der Waals surface area contributed by atoms with Gasteiger partial charge in [0.25, 0.3) is 5.91 Å². The fourth-order valence-electron chi connectivity index (χ4n) is 3.38. The van der Waals surface area contributed by atoms with Gasteiger partial charge in [-0.3, -0.25) is 9.48 Å². The first-order valence-corrected chi connectivity index (χ1v) is 10.0. The number of aromatic nitrogens is 4. The smallest absolute Gasteiger partial charge is 0.271 e. The van der Waals surface area contributed by atoms with Crippen molar-refractivity contribution in [2.75, 3.05) is 0 Å². The predicted molar refractivity (Wildman–Crippen MR) is 109 cm³/mol. The van der Waals surface area contributed by atoms with Crippen LogP contribution in [0.5, 0.6) is 0 Å². The van der Waals surface area contributed by atoms with E-state index in [2.05, 4.69) is 15.4 Å². The molecule has 1 atom stereocenters. The zero-order valence-corrected chi connectivity index (χ0v) is 17.3. The summed E-state index contributed by atoms with van der Waals surface area (Å²) in [6.45, 7) is 2.31. The highest BCUT2D eigenvalue weighted by molar-refractivity contribution is 6.32. The molecule has 1 amide bonds. The number of halogens is 2. The molecule has 0 radical (unpaired) electrons. The summed E-state index contributed by atoms with van der Waals surface area (Å²) in [6, 6.07) is 6.02. The molecular weight excluding hydrogens is 407 g/mol. The Bertz CT molecular complexity index is 1130. The molecule has 0 unspecified atom stereocenters. The molecule has 0 aliphatic heterocycles. The SMILES string of the molecule is C[C@@H](Cn1ccc(-c2cc(F)c(C#N)c(Cl)c2)n1)NC(=O)c1cn(C)c(C2CC2)n1. The summed E-state index contributed by atoms with van der Waals surface area (Å²) in [5.41, 5.74) is 1.23. The highest BCUT2D eigenvalue weighted by Crippen LogP contribution is 2.39. The zero-order chi connectivity index (χ0) is 21.4. The molecule has 4 rings (SSSR count). The number of hydrogen-bond acceptors (Lipinski definition) is 4. The predicted octanol–water partition coefficient (Wildman–Crippen LogP) is 3.64. The number of nitriles is 1. The van der Waals surface area contributed by atoms with Gasteiger partial charge in [-0.05, 0) is 38.0 Å². The number of amides is 1. The van der Waals surface area contributed by atoms with E-state index >= 15 is 0 Å². The van der Waals surface area contributed by atoms with Gasteiger partial charge in [-0.25, -0.2) is 9.37 Å². The number of nitrogens with zero attached hydrogens (tertiary/aromatic N) is 5. The van der Waals surface area contributed by atoms with Crippen LogP contribution in [0.25, 0.3) is 11.3 Å². The maximum atomic E-state index is 14.0. The van der Waals surface area contributed by atoms with Gasteiger partial charge in [-0.15, -0.1) is 0 Å². The van der Waals surface area contributed by atoms with Gasteiger partial charge in [0.15, 0.2) is 0 Å². The molecule has 9 heteroatoms. The molecule has 2 heterocycles. The lowest BCUT2D eigenvalue weighted by Crippen LogP contribution is -2.36. The molecule has 3 aromatic rings. The quantitative estimate of drug-likeness (QED) is 0.651. The largest absolute Gasteiger partial charge is 0.346 e. The van der Waals surface area contributed by atoms with Crippen LogP contribution in [0.3, 0.4) is 0 Å². The molecule has 1 aromatic carbocycles. The number of carbonyl (C=O) groups excluding carboxylic acids is 1. The van der Waals surface area contributed by atoms with Crippen molar-refractivity contribution in [2.45, 2.75) is 38.3 Å². The second-order valence-corrected chi connectivity index (χ2v) is 8.00. The van der Waals surface area contributed by atoms with E-state index in [1.807, 2.05) is 18.5 Å². The third-order valence-corrected chi connectivity index (χ3v) is 5.31. The van der Waals surface area contributed by atoms with E-state index in [9.17, 15) is 9.18 Å². The number of aryl methyl sites for hydroxylation is 1. The molecule has 7 nitrogen and oxygen atoms in total. The van der Waals surface area contributed by atoms with Crippen LogP contribution in [0.4, 0.5) is 4.39 Å². The lowest BCUT2D eigenvalue weighted by molar-refractivity contribution is 0.0931. The Labute approximate surface area is 178 Å². The number of rotatable bonds is 6. The first kappa shape index (κ1) is 20.1. The zero-order valence-electron chi connectivity index (χ0n) is 16.6. The third kappa shape index (κ3) is 4.07. The molecular formula is C21H20ClFN6O. The molecule has 2 aromatic heterocycles. The maximum absolute atomic E-state index is 14.0. The number of hydrogen-bond donors (Lipinski definition) is 1. The number of carbonyl (C=O) groups is 1. The molecule has 0 spiro atoms. The maximum Gasteiger partial charge on any atom is 0.271 e. The summed E-state index contributed by atoms with van der Waals surface area (Å²) in [6.07, 6.45) is 5.75. The first-order valence-electron chi connectivity index (χ1n) is 9.62. The van der Waals surface area contributed by atoms with E-state index in [1.54, 1.807) is 29.2 Å². The van der Waals surface area contributed by atoms with Crippen LogP contribution in [0.15, 0.2) is 30.6 Å². The minimum absolute atomic E-state index is 0.0450. The molecule has 1 N–H and O–H groups in total. The van der Waals surface area contributed by atoms with Gasteiger partial charge in [0, 0.05) is 37.0 Å². The van der Waals surface area contributed by atoms with Crippen molar-refractivity contribution < 1.29 is 9.18 Å². The summed E-state index contributed by atoms with van der Waals surface area (Å²) in [5.74, 6) is 0.518. The molecule has 1 fully saturated rings. The average Bonchev–Trinajstić information content (AvgIpc) is 3.29. The Morgan fingerprint density at radius 1 is 1.47 bits per heavy atom. The van der Waals surface area contributed by atoms with E-state index in [4.69, 9.17) is 16.9 Å². The van der Waals surface area contributed by atoms with Gasteiger partial charge in [-0.2, -0.15) is 10.4 Å². The van der Waals surface area contributed by atoms with Crippen LogP contribution in [0, 0.1) is 17.1 Å². The Morgan fingerprint density at radius 3 is 2.90 bits per heavy atom. The molecule has 154 valence electrons. The van der Waals surface area contributed by atoms with Gasteiger partial charge in [0.1, 0.15) is 29.0 Å². The van der Waals surface area contributed by atoms with Gasteiger partial charge in [0.2, 0.25) is 0 Å². The van der Waals surface area contributed by atoms with Crippen molar-refractivity contribution in [1.29, 1.82) is 5.26 Å². The average molecular weight is 427 g/mol. The fraction of sp³-hybridized carbons (Fsp3) is 0.333. The highest BCUT2D eigenvalue weighted by Gasteiger charge is 2.29. The number of imidazole rings is 1. The highest BCUT2D eigenvalue weighted by atomic mass is 35.5. The molecule has 1 saturated carbocycles. The van der Waals surface area contributed by atoms with Crippen molar-refractivity contribution in [3.8, 4) is 17.3 Å². The van der Waals surface area contributed by atoms with Crippen LogP contribution in [-0.4, -0.2) is 31.3 Å². The van der Waals surface area contributed by atoms with Gasteiger partial charge in [0.05, 0.1) is 17.3 Å². The first-order chi connectivity index (χ1) is 14.4. The molecule has 0 saturated heterocycles. The molecule has 30 heavy (non-hydrogen) atoms. The normalized spacial score (nSPS) is 14.4. The molecule has 1 aliphatic carbocycles. The van der Waals surface area contributed by atoms with E-state index < -0.39 is 5.82 Å². The number of nitrogens with one attached hydrogen (secondary N) is 1. The van der Waals surface area contributed by atoms with E-state index in [0.29, 0.717) is 29.4 Å². The van der Waals surface area contributed by atoms with E-state index in [-0.39, 0.29) is 22.5 Å².